The molecule has 1 aromatic rings. The van der Waals surface area contributed by atoms with Gasteiger partial charge in [0.1, 0.15) is 0 Å². The number of aliphatic hydroxyl groups is 1. The van der Waals surface area contributed by atoms with Crippen molar-refractivity contribution in [2.75, 3.05) is 5.32 Å². The zero-order valence-electron chi connectivity index (χ0n) is 10.9. The molecule has 0 heterocycles. The second-order valence-corrected chi connectivity index (χ2v) is 5.38. The van der Waals surface area contributed by atoms with Crippen LogP contribution in [0.2, 0.25) is 5.02 Å². The first-order valence-corrected chi connectivity index (χ1v) is 6.98. The Kier molecular flexibility index (Phi) is 4.98. The van der Waals surface area contributed by atoms with Gasteiger partial charge in [0.15, 0.2) is 0 Å². The maximum atomic E-state index is 11.8. The van der Waals surface area contributed by atoms with E-state index < -0.39 is 11.8 Å². The molecule has 0 unspecified atom stereocenters. The summed E-state index contributed by atoms with van der Waals surface area (Å²) in [7, 11) is 0. The summed E-state index contributed by atoms with van der Waals surface area (Å²) in [6.45, 7) is 0. The molecule has 6 heteroatoms. The third-order valence-electron chi connectivity index (χ3n) is 3.32. The van der Waals surface area contributed by atoms with E-state index in [1.807, 2.05) is 0 Å². The third-order valence-corrected chi connectivity index (χ3v) is 3.56. The number of amides is 2. The van der Waals surface area contributed by atoms with E-state index in [4.69, 9.17) is 11.6 Å². The summed E-state index contributed by atoms with van der Waals surface area (Å²) >= 11 is 5.80. The van der Waals surface area contributed by atoms with Crippen LogP contribution in [0.25, 0.3) is 0 Å². The highest BCUT2D eigenvalue weighted by Gasteiger charge is 2.23. The first kappa shape index (κ1) is 14.8. The molecule has 108 valence electrons. The molecule has 20 heavy (non-hydrogen) atoms. The summed E-state index contributed by atoms with van der Waals surface area (Å²) in [6.07, 6.45) is 2.40. The molecule has 0 radical (unpaired) electrons. The fraction of sp³-hybridized carbons (Fsp3) is 0.429. The van der Waals surface area contributed by atoms with Crippen LogP contribution in [0.4, 0.5) is 5.69 Å². The Bertz CT molecular complexity index is 499. The molecule has 0 saturated heterocycles. The number of carbonyl (C=O) groups excluding carboxylic acids is 2. The van der Waals surface area contributed by atoms with Gasteiger partial charge < -0.3 is 15.7 Å². The molecular formula is C14H17ClN2O3. The highest BCUT2D eigenvalue weighted by atomic mass is 35.5. The second kappa shape index (κ2) is 6.72. The predicted octanol–water partition coefficient (Wildman–Crippen LogP) is 1.70. The van der Waals surface area contributed by atoms with E-state index in [1.54, 1.807) is 24.3 Å². The van der Waals surface area contributed by atoms with Gasteiger partial charge in [-0.05, 0) is 43.9 Å². The van der Waals surface area contributed by atoms with Crippen LogP contribution in [0.1, 0.15) is 25.7 Å². The Morgan fingerprint density at radius 1 is 1.15 bits per heavy atom. The molecule has 0 aliphatic heterocycles. The highest BCUT2D eigenvalue weighted by molar-refractivity contribution is 6.40. The van der Waals surface area contributed by atoms with Gasteiger partial charge in [0.25, 0.3) is 0 Å². The van der Waals surface area contributed by atoms with Gasteiger partial charge in [-0.25, -0.2) is 0 Å². The fourth-order valence-electron chi connectivity index (χ4n) is 2.23. The lowest BCUT2D eigenvalue weighted by Gasteiger charge is -2.25. The number of anilines is 1. The number of rotatable bonds is 2. The van der Waals surface area contributed by atoms with Crippen LogP contribution in [0, 0.1) is 0 Å². The van der Waals surface area contributed by atoms with E-state index in [1.165, 1.54) is 0 Å². The molecule has 5 nitrogen and oxygen atoms in total. The Hall–Kier alpha value is -1.59. The molecule has 0 atom stereocenters. The molecule has 3 N–H and O–H groups in total. The quantitative estimate of drug-likeness (QED) is 0.727. The van der Waals surface area contributed by atoms with Crippen molar-refractivity contribution in [3.05, 3.63) is 29.3 Å². The molecule has 0 bridgehead atoms. The van der Waals surface area contributed by atoms with Crippen LogP contribution in [0.3, 0.4) is 0 Å². The lowest BCUT2D eigenvalue weighted by Crippen LogP contribution is -2.43. The van der Waals surface area contributed by atoms with Crippen molar-refractivity contribution in [3.63, 3.8) is 0 Å². The summed E-state index contributed by atoms with van der Waals surface area (Å²) in [4.78, 5) is 23.5. The van der Waals surface area contributed by atoms with Crippen LogP contribution in [-0.4, -0.2) is 29.1 Å². The Balaban J connectivity index is 1.84. The van der Waals surface area contributed by atoms with Crippen LogP contribution >= 0.6 is 11.6 Å². The molecule has 0 aromatic heterocycles. The first-order valence-electron chi connectivity index (χ1n) is 6.60. The lowest BCUT2D eigenvalue weighted by molar-refractivity contribution is -0.136. The van der Waals surface area contributed by atoms with Crippen LogP contribution in [0.15, 0.2) is 24.3 Å². The molecule has 1 aliphatic rings. The molecule has 0 spiro atoms. The highest BCUT2D eigenvalue weighted by Crippen LogP contribution is 2.18. The van der Waals surface area contributed by atoms with Gasteiger partial charge in [0.2, 0.25) is 0 Å². The summed E-state index contributed by atoms with van der Waals surface area (Å²) in [5.74, 6) is -1.37. The molecule has 2 rings (SSSR count). The Morgan fingerprint density at radius 2 is 1.85 bits per heavy atom. The Morgan fingerprint density at radius 3 is 2.50 bits per heavy atom. The summed E-state index contributed by atoms with van der Waals surface area (Å²) in [6, 6.07) is 6.57. The normalized spacial score (nSPS) is 22.1. The number of halogens is 1. The van der Waals surface area contributed by atoms with Gasteiger partial charge in [0.05, 0.1) is 6.10 Å². The number of hydrogen-bond donors (Lipinski definition) is 3. The van der Waals surface area contributed by atoms with Gasteiger partial charge in [-0.3, -0.25) is 9.59 Å². The van der Waals surface area contributed by atoms with E-state index >= 15 is 0 Å². The van der Waals surface area contributed by atoms with Crippen LogP contribution < -0.4 is 10.6 Å². The summed E-state index contributed by atoms with van der Waals surface area (Å²) in [5.41, 5.74) is 0.483. The number of aliphatic hydroxyl groups excluding tert-OH is 1. The molecular weight excluding hydrogens is 280 g/mol. The van der Waals surface area contributed by atoms with Crippen molar-refractivity contribution in [1.82, 2.24) is 5.32 Å². The van der Waals surface area contributed by atoms with Crippen molar-refractivity contribution in [1.29, 1.82) is 0 Å². The Labute approximate surface area is 122 Å². The standard InChI is InChI=1S/C14H17ClN2O3/c15-9-2-1-3-11(8-9)17-14(20)13(19)16-10-4-6-12(18)7-5-10/h1-3,8,10,12,18H,4-7H2,(H,16,19)(H,17,20). The predicted molar refractivity (Wildman–Crippen MR) is 76.5 cm³/mol. The van der Waals surface area contributed by atoms with Gasteiger partial charge in [0, 0.05) is 16.8 Å². The van der Waals surface area contributed by atoms with Crippen LogP contribution in [-0.2, 0) is 9.59 Å². The van der Waals surface area contributed by atoms with Gasteiger partial charge in [-0.1, -0.05) is 17.7 Å². The van der Waals surface area contributed by atoms with Crippen molar-refractivity contribution >= 4 is 29.1 Å². The molecule has 1 aliphatic carbocycles. The van der Waals surface area contributed by atoms with E-state index in [0.29, 0.717) is 36.4 Å². The monoisotopic (exact) mass is 296 g/mol. The minimum atomic E-state index is -0.710. The zero-order chi connectivity index (χ0) is 14.5. The van der Waals surface area contributed by atoms with Crippen molar-refractivity contribution < 1.29 is 14.7 Å². The average Bonchev–Trinajstić information content (AvgIpc) is 2.41. The van der Waals surface area contributed by atoms with Gasteiger partial charge >= 0.3 is 11.8 Å². The molecule has 2 amide bonds. The SMILES string of the molecule is O=C(Nc1cccc(Cl)c1)C(=O)NC1CCC(O)CC1. The molecule has 1 saturated carbocycles. The van der Waals surface area contributed by atoms with Crippen molar-refractivity contribution in [2.45, 2.75) is 37.8 Å². The number of nitrogens with one attached hydrogen (secondary N) is 2. The fourth-order valence-corrected chi connectivity index (χ4v) is 2.42. The lowest BCUT2D eigenvalue weighted by atomic mass is 9.93. The smallest absolute Gasteiger partial charge is 0.313 e. The largest absolute Gasteiger partial charge is 0.393 e. The zero-order valence-corrected chi connectivity index (χ0v) is 11.7. The maximum Gasteiger partial charge on any atom is 0.313 e. The topological polar surface area (TPSA) is 78.4 Å². The number of benzene rings is 1. The third kappa shape index (κ3) is 4.21. The van der Waals surface area contributed by atoms with E-state index in [-0.39, 0.29) is 12.1 Å². The maximum absolute atomic E-state index is 11.8. The van der Waals surface area contributed by atoms with Crippen molar-refractivity contribution in [3.8, 4) is 0 Å². The van der Waals surface area contributed by atoms with E-state index in [2.05, 4.69) is 10.6 Å². The summed E-state index contributed by atoms with van der Waals surface area (Å²) < 4.78 is 0. The minimum Gasteiger partial charge on any atom is -0.393 e. The molecule has 1 fully saturated rings. The first-order chi connectivity index (χ1) is 9.54. The second-order valence-electron chi connectivity index (χ2n) is 4.94. The van der Waals surface area contributed by atoms with E-state index in [0.717, 1.165) is 0 Å². The average molecular weight is 297 g/mol. The molecule has 1 aromatic carbocycles. The number of hydrogen-bond acceptors (Lipinski definition) is 3. The summed E-state index contributed by atoms with van der Waals surface area (Å²) in [5, 5.41) is 15.1. The minimum absolute atomic E-state index is 0.0454. The van der Waals surface area contributed by atoms with Gasteiger partial charge in [-0.2, -0.15) is 0 Å². The van der Waals surface area contributed by atoms with Crippen molar-refractivity contribution in [2.24, 2.45) is 0 Å². The van der Waals surface area contributed by atoms with E-state index in [9.17, 15) is 14.7 Å². The van der Waals surface area contributed by atoms with Gasteiger partial charge in [-0.15, -0.1) is 0 Å². The van der Waals surface area contributed by atoms with Crippen LogP contribution in [0.5, 0.6) is 0 Å². The number of carbonyl (C=O) groups is 2.